The van der Waals surface area contributed by atoms with Crippen LogP contribution in [0.4, 0.5) is 5.95 Å². The quantitative estimate of drug-likeness (QED) is 0.384. The van der Waals surface area contributed by atoms with Gasteiger partial charge in [-0.2, -0.15) is 0 Å². The number of hydrogen-bond acceptors (Lipinski definition) is 5. The zero-order valence-corrected chi connectivity index (χ0v) is 5.07. The van der Waals surface area contributed by atoms with Gasteiger partial charge in [-0.3, -0.25) is 4.52 Å². The first-order chi connectivity index (χ1) is 4.75. The molecule has 0 atom stereocenters. The minimum atomic E-state index is -0.658. The first-order valence-corrected chi connectivity index (χ1v) is 2.36. The fraction of sp³-hybridized carbons (Fsp3) is 0.250. The Labute approximate surface area is 54.8 Å². The van der Waals surface area contributed by atoms with Crippen molar-refractivity contribution in [1.82, 2.24) is 9.72 Å². The van der Waals surface area contributed by atoms with Gasteiger partial charge in [0.1, 0.15) is 0 Å². The monoisotopic (exact) mass is 141 g/mol. The van der Waals surface area contributed by atoms with E-state index in [4.69, 9.17) is 0 Å². The summed E-state index contributed by atoms with van der Waals surface area (Å²) in [6, 6.07) is 0. The molecule has 1 rings (SSSR count). The predicted molar refractivity (Wildman–Crippen MR) is 29.5 cm³/mol. The summed E-state index contributed by atoms with van der Waals surface area (Å²) in [5.74, 6) is -0.742. The Morgan fingerprint density at radius 3 is 2.90 bits per heavy atom. The van der Waals surface area contributed by atoms with Gasteiger partial charge in [0.2, 0.25) is 6.08 Å². The van der Waals surface area contributed by atoms with Crippen molar-refractivity contribution in [2.24, 2.45) is 12.0 Å². The summed E-state index contributed by atoms with van der Waals surface area (Å²) in [5, 5.41) is 3.15. The van der Waals surface area contributed by atoms with E-state index in [1.165, 1.54) is 13.1 Å². The summed E-state index contributed by atoms with van der Waals surface area (Å²) in [4.78, 5) is 23.2. The highest BCUT2D eigenvalue weighted by atomic mass is 16.5. The van der Waals surface area contributed by atoms with Crippen LogP contribution in [0.25, 0.3) is 0 Å². The van der Waals surface area contributed by atoms with E-state index < -0.39 is 5.76 Å². The lowest BCUT2D eigenvalue weighted by Crippen LogP contribution is -2.08. The van der Waals surface area contributed by atoms with E-state index in [1.807, 2.05) is 0 Å². The molecule has 6 nitrogen and oxygen atoms in total. The van der Waals surface area contributed by atoms with Crippen molar-refractivity contribution < 1.29 is 9.32 Å². The minimum Gasteiger partial charge on any atom is -0.294 e. The Balaban J connectivity index is 3.30. The van der Waals surface area contributed by atoms with E-state index in [-0.39, 0.29) is 5.95 Å². The Hall–Kier alpha value is -1.68. The summed E-state index contributed by atoms with van der Waals surface area (Å²) in [6.07, 6.45) is 1.23. The molecule has 0 saturated carbocycles. The second-order valence-corrected chi connectivity index (χ2v) is 1.51. The molecule has 0 amide bonds. The van der Waals surface area contributed by atoms with Crippen molar-refractivity contribution in [3.63, 3.8) is 0 Å². The normalized spacial score (nSPS) is 8.90. The number of rotatable bonds is 1. The van der Waals surface area contributed by atoms with Crippen LogP contribution in [0.5, 0.6) is 0 Å². The number of isocyanates is 1. The lowest BCUT2D eigenvalue weighted by atomic mass is 10.9. The molecule has 6 heteroatoms. The lowest BCUT2D eigenvalue weighted by molar-refractivity contribution is 0.380. The van der Waals surface area contributed by atoms with Gasteiger partial charge in [0.15, 0.2) is 0 Å². The van der Waals surface area contributed by atoms with E-state index in [0.717, 1.165) is 4.57 Å². The van der Waals surface area contributed by atoms with Gasteiger partial charge in [0, 0.05) is 7.05 Å². The average Bonchev–Trinajstić information content (AvgIpc) is 2.20. The molecular formula is C4H3N3O3. The topological polar surface area (TPSA) is 77.5 Å². The Morgan fingerprint density at radius 2 is 2.50 bits per heavy atom. The highest BCUT2D eigenvalue weighted by Gasteiger charge is 2.02. The van der Waals surface area contributed by atoms with Crippen molar-refractivity contribution >= 4 is 12.0 Å². The highest BCUT2D eigenvalue weighted by molar-refractivity contribution is 5.40. The van der Waals surface area contributed by atoms with Crippen molar-refractivity contribution in [2.45, 2.75) is 0 Å². The maximum Gasteiger partial charge on any atom is 0.442 e. The number of nitrogens with zero attached hydrogens (tertiary/aromatic N) is 3. The predicted octanol–water partition coefficient (Wildman–Crippen LogP) is -0.659. The molecule has 0 radical (unpaired) electrons. The van der Waals surface area contributed by atoms with Gasteiger partial charge in [-0.1, -0.05) is 0 Å². The molecule has 1 aromatic rings. The van der Waals surface area contributed by atoms with Crippen LogP contribution in [0.1, 0.15) is 0 Å². The first-order valence-electron chi connectivity index (χ1n) is 2.36. The van der Waals surface area contributed by atoms with Crippen LogP contribution in [-0.2, 0) is 11.8 Å². The van der Waals surface area contributed by atoms with Crippen LogP contribution in [-0.4, -0.2) is 15.8 Å². The third kappa shape index (κ3) is 0.872. The van der Waals surface area contributed by atoms with Crippen LogP contribution in [0.15, 0.2) is 14.3 Å². The van der Waals surface area contributed by atoms with E-state index in [9.17, 15) is 9.59 Å². The molecule has 0 N–H and O–H groups in total. The lowest BCUT2D eigenvalue weighted by Gasteiger charge is -1.81. The van der Waals surface area contributed by atoms with E-state index >= 15 is 0 Å². The molecule has 0 aromatic carbocycles. The number of carbonyl (C=O) groups excluding carboxylic acids is 1. The van der Waals surface area contributed by atoms with Crippen LogP contribution in [0, 0.1) is 0 Å². The fourth-order valence-corrected chi connectivity index (χ4v) is 0.420. The molecule has 10 heavy (non-hydrogen) atoms. The molecule has 0 fully saturated rings. The van der Waals surface area contributed by atoms with Gasteiger partial charge in [0.05, 0.1) is 0 Å². The van der Waals surface area contributed by atoms with Crippen molar-refractivity contribution in [2.75, 3.05) is 0 Å². The van der Waals surface area contributed by atoms with E-state index in [2.05, 4.69) is 14.7 Å². The standard InChI is InChI=1S/C4H3N3O3/c1-7-3(5-2-8)6-10-4(7)9/h1H3. The molecule has 0 aliphatic rings. The molecule has 52 valence electrons. The summed E-state index contributed by atoms with van der Waals surface area (Å²) in [5.41, 5.74) is 0. The zero-order chi connectivity index (χ0) is 7.56. The Kier molecular flexibility index (Phi) is 1.47. The third-order valence-electron chi connectivity index (χ3n) is 0.925. The number of aromatic nitrogens is 2. The van der Waals surface area contributed by atoms with Gasteiger partial charge in [-0.15, -0.1) is 4.99 Å². The maximum absolute atomic E-state index is 10.5. The molecule has 0 aliphatic heterocycles. The average molecular weight is 141 g/mol. The smallest absolute Gasteiger partial charge is 0.294 e. The molecule has 0 saturated heterocycles. The second kappa shape index (κ2) is 2.28. The molecule has 0 aliphatic carbocycles. The molecule has 0 spiro atoms. The van der Waals surface area contributed by atoms with Gasteiger partial charge in [-0.05, 0) is 5.16 Å². The van der Waals surface area contributed by atoms with Crippen molar-refractivity contribution in [3.8, 4) is 0 Å². The summed E-state index contributed by atoms with van der Waals surface area (Å²) >= 11 is 0. The molecule has 0 unspecified atom stereocenters. The first kappa shape index (κ1) is 6.44. The zero-order valence-electron chi connectivity index (χ0n) is 5.07. The van der Waals surface area contributed by atoms with Gasteiger partial charge in [-0.25, -0.2) is 14.2 Å². The number of hydrogen-bond donors (Lipinski definition) is 0. The molecule has 1 heterocycles. The van der Waals surface area contributed by atoms with Crippen LogP contribution < -0.4 is 5.76 Å². The molecular weight excluding hydrogens is 138 g/mol. The summed E-state index contributed by atoms with van der Waals surface area (Å²) < 4.78 is 5.12. The third-order valence-corrected chi connectivity index (χ3v) is 0.925. The van der Waals surface area contributed by atoms with Gasteiger partial charge < -0.3 is 0 Å². The molecule has 0 bridgehead atoms. The van der Waals surface area contributed by atoms with Crippen molar-refractivity contribution in [1.29, 1.82) is 0 Å². The van der Waals surface area contributed by atoms with Crippen molar-refractivity contribution in [3.05, 3.63) is 10.6 Å². The second-order valence-electron chi connectivity index (χ2n) is 1.51. The Morgan fingerprint density at radius 1 is 1.80 bits per heavy atom. The van der Waals surface area contributed by atoms with Crippen LogP contribution in [0.2, 0.25) is 0 Å². The molecule has 1 aromatic heterocycles. The highest BCUT2D eigenvalue weighted by Crippen LogP contribution is 1.98. The Bertz CT molecular complexity index is 330. The van der Waals surface area contributed by atoms with Crippen LogP contribution in [0.3, 0.4) is 0 Å². The minimum absolute atomic E-state index is 0.0833. The van der Waals surface area contributed by atoms with E-state index in [0.29, 0.717) is 0 Å². The number of aliphatic imine (C=N–C) groups is 1. The van der Waals surface area contributed by atoms with Gasteiger partial charge >= 0.3 is 5.76 Å². The van der Waals surface area contributed by atoms with Crippen LogP contribution >= 0.6 is 0 Å². The largest absolute Gasteiger partial charge is 0.442 e. The maximum atomic E-state index is 10.5. The van der Waals surface area contributed by atoms with Gasteiger partial charge in [0.25, 0.3) is 5.95 Å². The summed E-state index contributed by atoms with van der Waals surface area (Å²) in [7, 11) is 1.38. The SMILES string of the molecule is Cn1c(N=C=O)noc1=O. The summed E-state index contributed by atoms with van der Waals surface area (Å²) in [6.45, 7) is 0. The van der Waals surface area contributed by atoms with E-state index in [1.54, 1.807) is 0 Å². The fourth-order valence-electron chi connectivity index (χ4n) is 0.420.